The number of likely N-dealkylation sites (N-methyl/N-ethyl adjacent to an activating group) is 1. The molecule has 2 amide bonds. The fraction of sp³-hybridized carbons (Fsp3) is 0.381. The highest BCUT2D eigenvalue weighted by Crippen LogP contribution is 2.47. The Labute approximate surface area is 163 Å². The second-order valence-electron chi connectivity index (χ2n) is 7.01. The molecule has 0 aliphatic carbocycles. The van der Waals surface area contributed by atoms with Crippen LogP contribution in [-0.4, -0.2) is 53.6 Å². The van der Waals surface area contributed by atoms with Crippen LogP contribution in [0.3, 0.4) is 0 Å². The molecule has 0 radical (unpaired) electrons. The molecule has 7 heteroatoms. The highest BCUT2D eigenvalue weighted by atomic mass is 16.5. The molecule has 2 aliphatic heterocycles. The normalized spacial score (nSPS) is 21.7. The number of fused-ring (bicyclic) bond motifs is 1. The molecule has 0 bridgehead atoms. The van der Waals surface area contributed by atoms with Crippen LogP contribution in [0.4, 0.5) is 0 Å². The molecule has 3 rings (SSSR count). The zero-order chi connectivity index (χ0) is 20.4. The summed E-state index contributed by atoms with van der Waals surface area (Å²) >= 11 is 0. The molecule has 1 saturated heterocycles. The first-order valence-electron chi connectivity index (χ1n) is 9.21. The van der Waals surface area contributed by atoms with E-state index in [1.165, 1.54) is 11.0 Å². The summed E-state index contributed by atoms with van der Waals surface area (Å²) in [5.41, 5.74) is 2.58. The SMILES string of the molecule is C=CCOC(=O)C1=C(c2ccc(CC(=O)NC)cc2)C[C@@H]2[C@@H]([C@@H](C)O)C(=O)N12. The lowest BCUT2D eigenvalue weighted by Gasteiger charge is -2.44. The quantitative estimate of drug-likeness (QED) is 0.416. The third-order valence-corrected chi connectivity index (χ3v) is 5.20. The van der Waals surface area contributed by atoms with Crippen LogP contribution in [0.1, 0.15) is 24.5 Å². The predicted octanol–water partition coefficient (Wildman–Crippen LogP) is 1.03. The van der Waals surface area contributed by atoms with Crippen LogP contribution in [-0.2, 0) is 25.5 Å². The van der Waals surface area contributed by atoms with Crippen molar-refractivity contribution < 1.29 is 24.2 Å². The summed E-state index contributed by atoms with van der Waals surface area (Å²) in [6, 6.07) is 7.07. The Morgan fingerprint density at radius 2 is 2.07 bits per heavy atom. The minimum atomic E-state index is -0.784. The van der Waals surface area contributed by atoms with Crippen molar-refractivity contribution in [2.45, 2.75) is 31.9 Å². The molecule has 2 heterocycles. The van der Waals surface area contributed by atoms with Crippen LogP contribution in [0.2, 0.25) is 0 Å². The number of carbonyl (C=O) groups is 3. The van der Waals surface area contributed by atoms with E-state index in [9.17, 15) is 19.5 Å². The largest absolute Gasteiger partial charge is 0.457 e. The summed E-state index contributed by atoms with van der Waals surface area (Å²) in [5, 5.41) is 12.5. The van der Waals surface area contributed by atoms with Crippen LogP contribution >= 0.6 is 0 Å². The number of hydrogen-bond donors (Lipinski definition) is 2. The van der Waals surface area contributed by atoms with Crippen molar-refractivity contribution in [3.8, 4) is 0 Å². The van der Waals surface area contributed by atoms with E-state index in [1.807, 2.05) is 24.3 Å². The van der Waals surface area contributed by atoms with Gasteiger partial charge in [0.05, 0.1) is 24.5 Å². The van der Waals surface area contributed by atoms with E-state index in [2.05, 4.69) is 11.9 Å². The molecule has 1 fully saturated rings. The van der Waals surface area contributed by atoms with Gasteiger partial charge in [0.2, 0.25) is 11.8 Å². The first-order chi connectivity index (χ1) is 13.4. The molecule has 28 heavy (non-hydrogen) atoms. The average molecular weight is 384 g/mol. The number of hydrogen-bond acceptors (Lipinski definition) is 5. The first-order valence-corrected chi connectivity index (χ1v) is 9.21. The Morgan fingerprint density at radius 1 is 1.39 bits per heavy atom. The molecule has 0 spiro atoms. The van der Waals surface area contributed by atoms with Crippen molar-refractivity contribution in [1.29, 1.82) is 0 Å². The molecular weight excluding hydrogens is 360 g/mol. The number of esters is 1. The van der Waals surface area contributed by atoms with Crippen molar-refractivity contribution in [1.82, 2.24) is 10.2 Å². The molecule has 0 saturated carbocycles. The van der Waals surface area contributed by atoms with Gasteiger partial charge in [-0.25, -0.2) is 4.79 Å². The van der Waals surface area contributed by atoms with E-state index in [-0.39, 0.29) is 36.6 Å². The lowest BCUT2D eigenvalue weighted by Crippen LogP contribution is -2.61. The van der Waals surface area contributed by atoms with Gasteiger partial charge in [0, 0.05) is 7.05 Å². The maximum Gasteiger partial charge on any atom is 0.355 e. The molecule has 148 valence electrons. The standard InChI is InChI=1S/C21H24N2O5/c1-4-9-28-21(27)19-15(11-16-18(12(2)24)20(26)23(16)19)14-7-5-13(6-8-14)10-17(25)22-3/h4-8,12,16,18,24H,1,9-11H2,2-3H3,(H,22,25)/t12-,16-,18-/m1/s1. The summed E-state index contributed by atoms with van der Waals surface area (Å²) in [7, 11) is 1.58. The number of aliphatic hydroxyl groups excluding tert-OH is 1. The van der Waals surface area contributed by atoms with E-state index < -0.39 is 18.0 Å². The van der Waals surface area contributed by atoms with Crippen LogP contribution in [0.5, 0.6) is 0 Å². The van der Waals surface area contributed by atoms with Gasteiger partial charge in [-0.05, 0) is 30.0 Å². The number of carbonyl (C=O) groups excluding carboxylic acids is 3. The zero-order valence-electron chi connectivity index (χ0n) is 16.0. The fourth-order valence-electron chi connectivity index (χ4n) is 3.82. The third-order valence-electron chi connectivity index (χ3n) is 5.20. The Morgan fingerprint density at radius 3 is 2.64 bits per heavy atom. The molecule has 0 aromatic heterocycles. The van der Waals surface area contributed by atoms with Crippen LogP contribution < -0.4 is 5.32 Å². The predicted molar refractivity (Wildman–Crippen MR) is 103 cm³/mol. The molecule has 1 aromatic carbocycles. The number of nitrogens with zero attached hydrogens (tertiary/aromatic N) is 1. The highest BCUT2D eigenvalue weighted by Gasteiger charge is 2.56. The average Bonchev–Trinajstić information content (AvgIpc) is 3.01. The van der Waals surface area contributed by atoms with Gasteiger partial charge in [0.15, 0.2) is 0 Å². The molecule has 7 nitrogen and oxygen atoms in total. The molecule has 1 aromatic rings. The van der Waals surface area contributed by atoms with E-state index in [1.54, 1.807) is 14.0 Å². The first kappa shape index (κ1) is 19.8. The van der Waals surface area contributed by atoms with E-state index in [0.29, 0.717) is 12.0 Å². The monoisotopic (exact) mass is 384 g/mol. The highest BCUT2D eigenvalue weighted by molar-refractivity contribution is 6.06. The van der Waals surface area contributed by atoms with Crippen molar-refractivity contribution in [2.24, 2.45) is 5.92 Å². The number of β-lactam (4-membered cyclic amide) rings is 1. The number of rotatable bonds is 7. The van der Waals surface area contributed by atoms with Gasteiger partial charge in [0.1, 0.15) is 12.3 Å². The Balaban J connectivity index is 1.92. The van der Waals surface area contributed by atoms with E-state index in [4.69, 9.17) is 4.74 Å². The van der Waals surface area contributed by atoms with E-state index in [0.717, 1.165) is 11.1 Å². The van der Waals surface area contributed by atoms with Gasteiger partial charge in [-0.15, -0.1) is 0 Å². The van der Waals surface area contributed by atoms with Crippen molar-refractivity contribution in [3.63, 3.8) is 0 Å². The van der Waals surface area contributed by atoms with E-state index >= 15 is 0 Å². The summed E-state index contributed by atoms with van der Waals surface area (Å²) in [6.07, 6.45) is 1.42. The summed E-state index contributed by atoms with van der Waals surface area (Å²) in [4.78, 5) is 38.1. The number of amides is 2. The lowest BCUT2D eigenvalue weighted by molar-refractivity contribution is -0.162. The summed E-state index contributed by atoms with van der Waals surface area (Å²) in [5.74, 6) is -1.45. The topological polar surface area (TPSA) is 95.9 Å². The second kappa shape index (κ2) is 7.98. The number of ether oxygens (including phenoxy) is 1. The van der Waals surface area contributed by atoms with Crippen molar-refractivity contribution in [2.75, 3.05) is 13.7 Å². The van der Waals surface area contributed by atoms with Gasteiger partial charge >= 0.3 is 5.97 Å². The second-order valence-corrected chi connectivity index (χ2v) is 7.01. The summed E-state index contributed by atoms with van der Waals surface area (Å²) < 4.78 is 5.19. The van der Waals surface area contributed by atoms with Gasteiger partial charge in [0.25, 0.3) is 0 Å². The number of nitrogens with one attached hydrogen (secondary N) is 1. The Hall–Kier alpha value is -2.93. The van der Waals surface area contributed by atoms with Gasteiger partial charge in [-0.2, -0.15) is 0 Å². The van der Waals surface area contributed by atoms with Crippen LogP contribution in [0.25, 0.3) is 5.57 Å². The maximum absolute atomic E-state index is 12.6. The number of aliphatic hydroxyl groups is 1. The van der Waals surface area contributed by atoms with Crippen molar-refractivity contribution in [3.05, 3.63) is 53.7 Å². The molecular formula is C21H24N2O5. The summed E-state index contributed by atoms with van der Waals surface area (Å²) in [6.45, 7) is 5.17. The molecule has 2 N–H and O–H groups in total. The Bertz CT molecular complexity index is 841. The number of benzene rings is 1. The smallest absolute Gasteiger partial charge is 0.355 e. The van der Waals surface area contributed by atoms with Gasteiger partial charge in [-0.3, -0.25) is 9.59 Å². The van der Waals surface area contributed by atoms with Crippen LogP contribution in [0, 0.1) is 5.92 Å². The molecule has 3 atom stereocenters. The zero-order valence-corrected chi connectivity index (χ0v) is 16.0. The minimum Gasteiger partial charge on any atom is -0.457 e. The van der Waals surface area contributed by atoms with Gasteiger partial charge in [-0.1, -0.05) is 36.9 Å². The van der Waals surface area contributed by atoms with Gasteiger partial charge < -0.3 is 20.1 Å². The van der Waals surface area contributed by atoms with Crippen molar-refractivity contribution >= 4 is 23.4 Å². The lowest BCUT2D eigenvalue weighted by atomic mass is 9.82. The minimum absolute atomic E-state index is 0.0488. The maximum atomic E-state index is 12.6. The molecule has 0 unspecified atom stereocenters. The third kappa shape index (κ3) is 3.45. The molecule has 2 aliphatic rings. The van der Waals surface area contributed by atoms with Crippen LogP contribution in [0.15, 0.2) is 42.6 Å². The Kier molecular flexibility index (Phi) is 5.65. The fourth-order valence-corrected chi connectivity index (χ4v) is 3.82.